The van der Waals surface area contributed by atoms with E-state index in [0.29, 0.717) is 29.4 Å². The number of aryl methyl sites for hydroxylation is 1. The summed E-state index contributed by atoms with van der Waals surface area (Å²) in [5, 5.41) is 3.47. The highest BCUT2D eigenvalue weighted by molar-refractivity contribution is 7.93. The van der Waals surface area contributed by atoms with Gasteiger partial charge < -0.3 is 5.32 Å². The largest absolute Gasteiger partial charge is 0.322 e. The van der Waals surface area contributed by atoms with Crippen molar-refractivity contribution in [2.75, 3.05) is 21.9 Å². The van der Waals surface area contributed by atoms with Crippen LogP contribution in [0.15, 0.2) is 30.3 Å². The molecule has 0 atom stereocenters. The molecule has 0 saturated carbocycles. The molecule has 0 aromatic heterocycles. The van der Waals surface area contributed by atoms with Gasteiger partial charge in [0.2, 0.25) is 10.0 Å². The lowest BCUT2D eigenvalue weighted by atomic mass is 10.1. The maximum atomic E-state index is 12.8. The van der Waals surface area contributed by atoms with Crippen molar-refractivity contribution in [2.24, 2.45) is 0 Å². The molecule has 28 heavy (non-hydrogen) atoms. The van der Waals surface area contributed by atoms with Crippen LogP contribution in [-0.2, 0) is 16.4 Å². The van der Waals surface area contributed by atoms with Crippen LogP contribution < -0.4 is 9.62 Å². The molecule has 0 aliphatic carbocycles. The highest BCUT2D eigenvalue weighted by Crippen LogP contribution is 2.34. The van der Waals surface area contributed by atoms with Gasteiger partial charge in [-0.25, -0.2) is 8.42 Å². The number of sulfonamides is 1. The molecule has 3 rings (SSSR count). The van der Waals surface area contributed by atoms with Crippen molar-refractivity contribution in [2.45, 2.75) is 26.2 Å². The van der Waals surface area contributed by atoms with Gasteiger partial charge >= 0.3 is 0 Å². The van der Waals surface area contributed by atoms with Crippen LogP contribution in [0.5, 0.6) is 0 Å². The molecular formula is C19H19Cl3N2O3S. The Kier molecular flexibility index (Phi) is 6.44. The third kappa shape index (κ3) is 4.57. The summed E-state index contributed by atoms with van der Waals surface area (Å²) in [5.41, 5.74) is 1.97. The van der Waals surface area contributed by atoms with Crippen molar-refractivity contribution in [1.29, 1.82) is 0 Å². The average Bonchev–Trinajstić information content (AvgIpc) is 2.96. The number of benzene rings is 2. The van der Waals surface area contributed by atoms with Crippen LogP contribution in [0.1, 0.15) is 35.7 Å². The van der Waals surface area contributed by atoms with Crippen molar-refractivity contribution in [3.8, 4) is 0 Å². The first kappa shape index (κ1) is 21.2. The number of carbonyl (C=O) groups excluding carboxylic acids is 1. The second kappa shape index (κ2) is 8.49. The fourth-order valence-corrected chi connectivity index (χ4v) is 5.38. The van der Waals surface area contributed by atoms with E-state index in [0.717, 1.165) is 18.4 Å². The van der Waals surface area contributed by atoms with Gasteiger partial charge in [0.05, 0.1) is 27.0 Å². The summed E-state index contributed by atoms with van der Waals surface area (Å²) in [7, 11) is -3.41. The monoisotopic (exact) mass is 460 g/mol. The first-order chi connectivity index (χ1) is 13.2. The highest BCUT2D eigenvalue weighted by Gasteiger charge is 2.30. The Hall–Kier alpha value is -1.47. The van der Waals surface area contributed by atoms with Crippen molar-refractivity contribution in [3.63, 3.8) is 0 Å². The zero-order valence-electron chi connectivity index (χ0n) is 15.1. The van der Waals surface area contributed by atoms with Crippen molar-refractivity contribution in [3.05, 3.63) is 56.5 Å². The van der Waals surface area contributed by atoms with E-state index < -0.39 is 15.9 Å². The second-order valence-electron chi connectivity index (χ2n) is 6.58. The molecular weight excluding hydrogens is 443 g/mol. The van der Waals surface area contributed by atoms with Crippen LogP contribution in [0.4, 0.5) is 11.4 Å². The number of amides is 1. The van der Waals surface area contributed by atoms with Gasteiger partial charge in [-0.15, -0.1) is 0 Å². The fourth-order valence-electron chi connectivity index (χ4n) is 3.17. The molecule has 0 spiro atoms. The quantitative estimate of drug-likeness (QED) is 0.649. The minimum absolute atomic E-state index is 0.0651. The highest BCUT2D eigenvalue weighted by atomic mass is 35.5. The van der Waals surface area contributed by atoms with Gasteiger partial charge in [-0.1, -0.05) is 48.1 Å². The summed E-state index contributed by atoms with van der Waals surface area (Å²) in [6.45, 7) is 2.40. The third-order valence-electron chi connectivity index (χ3n) is 4.40. The van der Waals surface area contributed by atoms with Crippen LogP contribution in [0, 0.1) is 0 Å². The van der Waals surface area contributed by atoms with Gasteiger partial charge in [-0.3, -0.25) is 9.10 Å². The Morgan fingerprint density at radius 3 is 2.54 bits per heavy atom. The SMILES string of the molecule is CCCc1cc(Cl)cc(NC(=O)c2cc(N3CCCS3(=O)=O)cc(Cl)c2Cl)c1. The summed E-state index contributed by atoms with van der Waals surface area (Å²) >= 11 is 18.5. The molecule has 9 heteroatoms. The van der Waals surface area contributed by atoms with Crippen molar-refractivity contribution < 1.29 is 13.2 Å². The molecule has 1 heterocycles. The predicted octanol–water partition coefficient (Wildman–Crippen LogP) is 5.39. The van der Waals surface area contributed by atoms with Gasteiger partial charge in [0.15, 0.2) is 0 Å². The molecule has 1 aliphatic rings. The Bertz CT molecular complexity index is 1030. The predicted molar refractivity (Wildman–Crippen MR) is 116 cm³/mol. The number of anilines is 2. The Morgan fingerprint density at radius 2 is 1.89 bits per heavy atom. The zero-order valence-corrected chi connectivity index (χ0v) is 18.2. The smallest absolute Gasteiger partial charge is 0.257 e. The molecule has 2 aromatic carbocycles. The number of nitrogens with zero attached hydrogens (tertiary/aromatic N) is 1. The first-order valence-electron chi connectivity index (χ1n) is 8.81. The van der Waals surface area contributed by atoms with E-state index in [-0.39, 0.29) is 21.4 Å². The molecule has 2 aromatic rings. The molecule has 150 valence electrons. The van der Waals surface area contributed by atoms with Crippen molar-refractivity contribution >= 4 is 62.1 Å². The lowest BCUT2D eigenvalue weighted by Crippen LogP contribution is -2.25. The van der Waals surface area contributed by atoms with E-state index in [9.17, 15) is 13.2 Å². The topological polar surface area (TPSA) is 66.5 Å². The van der Waals surface area contributed by atoms with E-state index in [1.165, 1.54) is 16.4 Å². The summed E-state index contributed by atoms with van der Waals surface area (Å²) < 4.78 is 25.7. The molecule has 1 aliphatic heterocycles. The summed E-state index contributed by atoms with van der Waals surface area (Å²) in [5.74, 6) is -0.424. The van der Waals surface area contributed by atoms with E-state index in [1.54, 1.807) is 6.07 Å². The van der Waals surface area contributed by atoms with Crippen molar-refractivity contribution in [1.82, 2.24) is 0 Å². The molecule has 0 unspecified atom stereocenters. The maximum Gasteiger partial charge on any atom is 0.257 e. The molecule has 1 N–H and O–H groups in total. The van der Waals surface area contributed by atoms with E-state index in [1.807, 2.05) is 12.1 Å². The summed E-state index contributed by atoms with van der Waals surface area (Å²) in [4.78, 5) is 12.8. The summed E-state index contributed by atoms with van der Waals surface area (Å²) in [6.07, 6.45) is 2.30. The number of hydrogen-bond acceptors (Lipinski definition) is 3. The Balaban J connectivity index is 1.94. The lowest BCUT2D eigenvalue weighted by molar-refractivity contribution is 0.102. The molecule has 0 radical (unpaired) electrons. The van der Waals surface area contributed by atoms with E-state index >= 15 is 0 Å². The second-order valence-corrected chi connectivity index (χ2v) is 9.82. The third-order valence-corrected chi connectivity index (χ3v) is 7.29. The van der Waals surface area contributed by atoms with Crippen LogP contribution in [0.25, 0.3) is 0 Å². The number of hydrogen-bond donors (Lipinski definition) is 1. The van der Waals surface area contributed by atoms with Gasteiger partial charge in [0.25, 0.3) is 5.91 Å². The first-order valence-corrected chi connectivity index (χ1v) is 11.6. The Labute approximate surface area is 179 Å². The van der Waals surface area contributed by atoms with Gasteiger partial charge in [-0.05, 0) is 48.7 Å². The minimum atomic E-state index is -3.41. The number of halogens is 3. The van der Waals surface area contributed by atoms with E-state index in [4.69, 9.17) is 34.8 Å². The maximum absolute atomic E-state index is 12.8. The number of carbonyl (C=O) groups is 1. The van der Waals surface area contributed by atoms with Gasteiger partial charge in [0.1, 0.15) is 0 Å². The van der Waals surface area contributed by atoms with Gasteiger partial charge in [0, 0.05) is 17.3 Å². The summed E-state index contributed by atoms with van der Waals surface area (Å²) in [6, 6.07) is 8.25. The molecule has 5 nitrogen and oxygen atoms in total. The standard InChI is InChI=1S/C19H19Cl3N2O3S/c1-2-4-12-7-13(20)9-14(8-12)23-19(25)16-10-15(11-17(21)18(16)22)24-5-3-6-28(24,26)27/h7-11H,2-6H2,1H3,(H,23,25). The number of nitrogens with one attached hydrogen (secondary N) is 1. The van der Waals surface area contributed by atoms with Crippen LogP contribution in [0.3, 0.4) is 0 Å². The van der Waals surface area contributed by atoms with Crippen LogP contribution >= 0.6 is 34.8 Å². The minimum Gasteiger partial charge on any atom is -0.322 e. The molecule has 1 amide bonds. The fraction of sp³-hybridized carbons (Fsp3) is 0.316. The molecule has 1 fully saturated rings. The van der Waals surface area contributed by atoms with Crippen LogP contribution in [-0.4, -0.2) is 26.6 Å². The Morgan fingerprint density at radius 1 is 1.14 bits per heavy atom. The molecule has 1 saturated heterocycles. The lowest BCUT2D eigenvalue weighted by Gasteiger charge is -2.19. The van der Waals surface area contributed by atoms with Gasteiger partial charge in [-0.2, -0.15) is 0 Å². The van der Waals surface area contributed by atoms with Crippen LogP contribution in [0.2, 0.25) is 15.1 Å². The zero-order chi connectivity index (χ0) is 20.5. The normalized spacial score (nSPS) is 15.6. The van der Waals surface area contributed by atoms with E-state index in [2.05, 4.69) is 12.2 Å². The number of rotatable bonds is 5. The average molecular weight is 462 g/mol. The molecule has 0 bridgehead atoms.